The van der Waals surface area contributed by atoms with Crippen LogP contribution in [0, 0.1) is 5.92 Å². The SMILES string of the molecule is CCC1=Cc2c(-c3ccc(C(C)(C)C)cc3)cccc2[CH]1[Zr]([Cl])([Cl])([CH]1C(C2CCCC2)=Cc2c(C(C)CC)cccc21)[SiH](C)C. The van der Waals surface area contributed by atoms with Gasteiger partial charge in [0.25, 0.3) is 0 Å². The Bertz CT molecular complexity index is 1650. The first-order valence-corrected chi connectivity index (χ1v) is 34.0. The third-order valence-corrected chi connectivity index (χ3v) is 63.7. The Labute approximate surface area is 282 Å². The van der Waals surface area contributed by atoms with Crippen molar-refractivity contribution in [3.8, 4) is 11.1 Å². The third kappa shape index (κ3) is 5.51. The van der Waals surface area contributed by atoms with Gasteiger partial charge in [-0.1, -0.05) is 0 Å². The third-order valence-electron chi connectivity index (χ3n) is 11.9. The molecule has 1 saturated carbocycles. The van der Waals surface area contributed by atoms with Crippen molar-refractivity contribution in [2.75, 3.05) is 0 Å². The fourth-order valence-corrected chi connectivity index (χ4v) is 40.4. The van der Waals surface area contributed by atoms with Crippen molar-refractivity contribution in [3.63, 3.8) is 0 Å². The molecular weight excluding hydrogens is 683 g/mol. The maximum absolute atomic E-state index is 8.73. The molecule has 3 aromatic carbocycles. The first-order chi connectivity index (χ1) is 21.3. The second kappa shape index (κ2) is 12.4. The molecule has 0 aliphatic heterocycles. The first-order valence-electron chi connectivity index (χ1n) is 17.7. The summed E-state index contributed by atoms with van der Waals surface area (Å²) in [6, 6.07) is 23.3. The molecule has 3 aliphatic carbocycles. The van der Waals surface area contributed by atoms with Crippen molar-refractivity contribution in [2.24, 2.45) is 5.92 Å². The summed E-state index contributed by atoms with van der Waals surface area (Å²) >= 11 is -4.76. The summed E-state index contributed by atoms with van der Waals surface area (Å²) in [7, 11) is 17.5. The second-order valence-corrected chi connectivity index (χ2v) is 58.2. The Morgan fingerprint density at radius 3 is 2.02 bits per heavy atom. The predicted octanol–water partition coefficient (Wildman–Crippen LogP) is 13.3. The van der Waals surface area contributed by atoms with Gasteiger partial charge < -0.3 is 0 Å². The Balaban J connectivity index is 1.56. The van der Waals surface area contributed by atoms with Crippen molar-refractivity contribution in [2.45, 2.75) is 112 Å². The number of halogens is 2. The van der Waals surface area contributed by atoms with Crippen LogP contribution >= 0.6 is 17.0 Å². The molecule has 0 bridgehead atoms. The molecule has 3 aliphatic rings. The normalized spacial score (nSPS) is 21.7. The Morgan fingerprint density at radius 2 is 1.44 bits per heavy atom. The topological polar surface area (TPSA) is 0 Å². The number of hydrogen-bond acceptors (Lipinski definition) is 0. The van der Waals surface area contributed by atoms with Crippen LogP contribution in [0.2, 0.25) is 13.1 Å². The van der Waals surface area contributed by atoms with Crippen LogP contribution in [-0.2, 0) is 21.0 Å². The van der Waals surface area contributed by atoms with E-state index >= 15 is 0 Å². The van der Waals surface area contributed by atoms with Gasteiger partial charge in [-0.15, -0.1) is 0 Å². The van der Waals surface area contributed by atoms with Crippen molar-refractivity contribution in [1.82, 2.24) is 0 Å². The van der Waals surface area contributed by atoms with Gasteiger partial charge in [-0.25, -0.2) is 0 Å². The minimum absolute atomic E-state index is 0.133. The quantitative estimate of drug-likeness (QED) is 0.202. The van der Waals surface area contributed by atoms with Crippen LogP contribution in [0.25, 0.3) is 23.3 Å². The van der Waals surface area contributed by atoms with Crippen molar-refractivity contribution < 1.29 is 15.6 Å². The zero-order valence-electron chi connectivity index (χ0n) is 28.8. The summed E-state index contributed by atoms with van der Waals surface area (Å²) < 4.78 is 0.354. The summed E-state index contributed by atoms with van der Waals surface area (Å²) in [5, 5.41) is 0. The van der Waals surface area contributed by atoms with Crippen LogP contribution in [-0.4, -0.2) is 5.92 Å². The molecule has 239 valence electrons. The minimum atomic E-state index is -4.76. The van der Waals surface area contributed by atoms with Gasteiger partial charge in [0, 0.05) is 0 Å². The number of hydrogen-bond donors (Lipinski definition) is 0. The Morgan fingerprint density at radius 1 is 0.822 bits per heavy atom. The molecule has 0 radical (unpaired) electrons. The van der Waals surface area contributed by atoms with Gasteiger partial charge in [0.1, 0.15) is 0 Å². The van der Waals surface area contributed by atoms with E-state index in [1.807, 2.05) is 0 Å². The van der Waals surface area contributed by atoms with Crippen molar-refractivity contribution in [3.05, 3.63) is 105 Å². The van der Waals surface area contributed by atoms with E-state index in [1.165, 1.54) is 75.8 Å². The monoisotopic (exact) mass is 733 g/mol. The fraction of sp³-hybridized carbons (Fsp3) is 0.463. The molecule has 0 N–H and O–H groups in total. The molecule has 0 nitrogen and oxygen atoms in total. The molecule has 45 heavy (non-hydrogen) atoms. The predicted molar refractivity (Wildman–Crippen MR) is 200 cm³/mol. The van der Waals surface area contributed by atoms with E-state index in [9.17, 15) is 0 Å². The van der Waals surface area contributed by atoms with Crippen LogP contribution < -0.4 is 0 Å². The summed E-state index contributed by atoms with van der Waals surface area (Å²) in [6.45, 7) is 18.9. The van der Waals surface area contributed by atoms with Gasteiger partial charge in [-0.3, -0.25) is 0 Å². The number of fused-ring (bicyclic) bond motifs is 2. The van der Waals surface area contributed by atoms with E-state index in [-0.39, 0.29) is 12.7 Å². The van der Waals surface area contributed by atoms with Crippen LogP contribution in [0.4, 0.5) is 0 Å². The maximum atomic E-state index is 8.73. The average molecular weight is 736 g/mol. The summed E-state index contributed by atoms with van der Waals surface area (Å²) in [4.78, 5) is 0. The van der Waals surface area contributed by atoms with E-state index in [0.717, 1.165) is 12.8 Å². The molecule has 3 atom stereocenters. The van der Waals surface area contributed by atoms with Gasteiger partial charge in [-0.2, -0.15) is 0 Å². The van der Waals surface area contributed by atoms with Crippen LogP contribution in [0.5, 0.6) is 0 Å². The molecule has 4 heteroatoms. The standard InChI is InChI=1S/C21H23.C18H23.C2H7Si.2ClH.Zr/c1-5-15-13-17-7-6-8-19(20(17)14-15)16-9-11-18(12-10-16)21(2,3)4;1-3-13(2)17-10-6-9-15-11-16(12-18(15)17)14-7-4-5-8-14;1-3-2;;;/h6-14H,5H2,1-4H3;6,9-14H,3-5,7-8H2,1-2H3;3H,1-2H3;2*1H;/q;;;;;+2/p-2. The van der Waals surface area contributed by atoms with E-state index < -0.39 is 21.5 Å². The van der Waals surface area contributed by atoms with E-state index in [2.05, 4.69) is 127 Å². The molecule has 1 fully saturated rings. The number of rotatable bonds is 8. The summed E-state index contributed by atoms with van der Waals surface area (Å²) in [5.41, 5.74) is 14.3. The Hall–Kier alpha value is -1.18. The molecular formula is C41H53Cl2SiZr. The first kappa shape index (κ1) is 33.7. The molecule has 6 rings (SSSR count). The van der Waals surface area contributed by atoms with Crippen LogP contribution in [0.1, 0.15) is 127 Å². The van der Waals surface area contributed by atoms with E-state index in [0.29, 0.717) is 11.8 Å². The molecule has 3 aromatic rings. The second-order valence-electron chi connectivity index (χ2n) is 15.7. The molecule has 0 heterocycles. The van der Waals surface area contributed by atoms with Crippen molar-refractivity contribution >= 4 is 35.1 Å². The van der Waals surface area contributed by atoms with Crippen LogP contribution in [0.3, 0.4) is 0 Å². The Kier molecular flexibility index (Phi) is 9.26. The van der Waals surface area contributed by atoms with Gasteiger partial charge in [-0.05, 0) is 0 Å². The van der Waals surface area contributed by atoms with E-state index in [1.54, 1.807) is 5.57 Å². The molecule has 0 aromatic heterocycles. The molecule has 3 unspecified atom stereocenters. The molecule has 0 saturated heterocycles. The van der Waals surface area contributed by atoms with Gasteiger partial charge in [0.2, 0.25) is 0 Å². The number of allylic oxidation sites excluding steroid dienone is 2. The van der Waals surface area contributed by atoms with E-state index in [4.69, 9.17) is 17.0 Å². The zero-order valence-corrected chi connectivity index (χ0v) is 33.9. The van der Waals surface area contributed by atoms with Crippen molar-refractivity contribution in [1.29, 1.82) is 0 Å². The zero-order chi connectivity index (χ0) is 32.3. The van der Waals surface area contributed by atoms with Crippen LogP contribution in [0.15, 0.2) is 71.8 Å². The fourth-order valence-electron chi connectivity index (χ4n) is 8.98. The summed E-state index contributed by atoms with van der Waals surface area (Å²) in [5.74, 6) is -0.452. The molecule has 0 amide bonds. The summed E-state index contributed by atoms with van der Waals surface area (Å²) in [6.07, 6.45) is 12.4. The van der Waals surface area contributed by atoms with Gasteiger partial charge >= 0.3 is 285 Å². The average Bonchev–Trinajstić information content (AvgIpc) is 3.77. The van der Waals surface area contributed by atoms with Gasteiger partial charge in [0.05, 0.1) is 0 Å². The number of benzene rings is 3. The van der Waals surface area contributed by atoms with Gasteiger partial charge in [0.15, 0.2) is 0 Å². The molecule has 0 spiro atoms.